The molecular weight excluding hydrogens is 589 g/mol. The zero-order valence-corrected chi connectivity index (χ0v) is 33.9. The lowest BCUT2D eigenvalue weighted by Crippen LogP contribution is -2.63. The van der Waals surface area contributed by atoms with Crippen LogP contribution in [-0.2, 0) is 37.0 Å². The van der Waals surface area contributed by atoms with Crippen LogP contribution < -0.4 is 0 Å². The van der Waals surface area contributed by atoms with E-state index in [0.29, 0.717) is 0 Å². The molecule has 9 nitrogen and oxygen atoms in total. The van der Waals surface area contributed by atoms with Crippen LogP contribution in [0, 0.1) is 0 Å². The highest BCUT2D eigenvalue weighted by Gasteiger charge is 2.53. The summed E-state index contributed by atoms with van der Waals surface area (Å²) in [6.07, 6.45) is 0. The average molecular weight is 639 g/mol. The van der Waals surface area contributed by atoms with E-state index in [0.717, 1.165) is 48.4 Å². The lowest BCUT2D eigenvalue weighted by atomic mass is 10.9. The van der Waals surface area contributed by atoms with Gasteiger partial charge >= 0.3 is 34.2 Å². The van der Waals surface area contributed by atoms with Gasteiger partial charge in [-0.1, -0.05) is 55.4 Å². The number of hydrogen-bond donors (Lipinski definition) is 0. The summed E-state index contributed by atoms with van der Waals surface area (Å²) in [5.41, 5.74) is 0. The summed E-state index contributed by atoms with van der Waals surface area (Å²) in [5, 5.41) is 0. The molecule has 0 saturated carbocycles. The van der Waals surface area contributed by atoms with Crippen LogP contribution in [0.15, 0.2) is 0 Å². The van der Waals surface area contributed by atoms with Crippen molar-refractivity contribution in [3.8, 4) is 0 Å². The van der Waals surface area contributed by atoms with E-state index in [1.807, 2.05) is 0 Å². The van der Waals surface area contributed by atoms with Crippen molar-refractivity contribution in [1.29, 1.82) is 0 Å². The normalized spacial score (nSPS) is 28.2. The van der Waals surface area contributed by atoms with E-state index in [1.165, 1.54) is 0 Å². The van der Waals surface area contributed by atoms with Crippen molar-refractivity contribution in [3.63, 3.8) is 0 Å². The molecule has 0 unspecified atom stereocenters. The lowest BCUT2D eigenvalue weighted by Gasteiger charge is -2.47. The molecule has 1 heterocycles. The molecule has 0 aliphatic carbocycles. The minimum Gasteiger partial charge on any atom is -0.425 e. The highest BCUT2D eigenvalue weighted by atomic mass is 28.5. The third-order valence-electron chi connectivity index (χ3n) is 6.74. The fourth-order valence-electron chi connectivity index (χ4n) is 4.00. The van der Waals surface area contributed by atoms with Gasteiger partial charge in [0.25, 0.3) is 50.0 Å². The molecule has 0 bridgehead atoms. The van der Waals surface area contributed by atoms with E-state index in [2.05, 4.69) is 55.4 Å². The van der Waals surface area contributed by atoms with Gasteiger partial charge < -0.3 is 37.0 Å². The Hall–Kier alpha value is 1.59. The van der Waals surface area contributed by atoms with Crippen LogP contribution in [-0.4, -0.2) is 84.3 Å². The van der Waals surface area contributed by atoms with Gasteiger partial charge in [0.05, 0.1) is 0 Å². The predicted octanol–water partition coefficient (Wildman–Crippen LogP) is 1.07. The lowest BCUT2D eigenvalue weighted by molar-refractivity contribution is 0.251. The van der Waals surface area contributed by atoms with Gasteiger partial charge in [0.2, 0.25) is 0 Å². The SMILES string of the molecule is CC[Si]1(CC)O[SiH2]O[SiH2]O[SiH2]O[SiH2]O[SiH2]O[Si](CC)(CC)O[Si](CC)(CC)O[Si](CC)(CC)O1. The number of hydrogen-bond acceptors (Lipinski definition) is 9. The Labute approximate surface area is 224 Å². The maximum atomic E-state index is 7.25. The molecule has 0 spiro atoms. The minimum atomic E-state index is -2.56. The van der Waals surface area contributed by atoms with Gasteiger partial charge in [0.1, 0.15) is 0 Å². The Morgan fingerprint density at radius 3 is 0.853 bits per heavy atom. The first kappa shape index (κ1) is 33.6. The quantitative estimate of drug-likeness (QED) is 0.363. The summed E-state index contributed by atoms with van der Waals surface area (Å²) in [6.45, 7) is 17.6. The monoisotopic (exact) mass is 638 g/mol. The van der Waals surface area contributed by atoms with Crippen LogP contribution in [0.3, 0.4) is 0 Å². The van der Waals surface area contributed by atoms with Gasteiger partial charge in [0, 0.05) is 0 Å². The highest BCUT2D eigenvalue weighted by Crippen LogP contribution is 2.36. The van der Waals surface area contributed by atoms with Crippen LogP contribution in [0.4, 0.5) is 0 Å². The van der Waals surface area contributed by atoms with Gasteiger partial charge in [-0.15, -0.1) is 0 Å². The van der Waals surface area contributed by atoms with E-state index >= 15 is 0 Å². The van der Waals surface area contributed by atoms with Crippen LogP contribution in [0.5, 0.6) is 0 Å². The van der Waals surface area contributed by atoms with Gasteiger partial charge in [0.15, 0.2) is 0 Å². The second-order valence-electron chi connectivity index (χ2n) is 8.47. The highest BCUT2D eigenvalue weighted by molar-refractivity contribution is 6.90. The van der Waals surface area contributed by atoms with E-state index in [-0.39, 0.29) is 0 Å². The molecule has 0 radical (unpaired) electrons. The Morgan fingerprint density at radius 2 is 0.588 bits per heavy atom. The predicted molar refractivity (Wildman–Crippen MR) is 159 cm³/mol. The van der Waals surface area contributed by atoms with E-state index in [1.54, 1.807) is 0 Å². The molecular formula is C16H50O9Si9. The van der Waals surface area contributed by atoms with E-state index in [9.17, 15) is 0 Å². The first-order valence-electron chi connectivity index (χ1n) is 13.0. The maximum Gasteiger partial charge on any atom is 0.320 e. The van der Waals surface area contributed by atoms with Crippen LogP contribution >= 0.6 is 0 Å². The molecule has 1 rings (SSSR count). The van der Waals surface area contributed by atoms with Crippen molar-refractivity contribution in [2.75, 3.05) is 0 Å². The molecule has 0 aromatic heterocycles. The topological polar surface area (TPSA) is 83.1 Å². The van der Waals surface area contributed by atoms with Crippen LogP contribution in [0.2, 0.25) is 48.4 Å². The zero-order valence-electron chi connectivity index (χ0n) is 22.9. The molecule has 0 N–H and O–H groups in total. The molecule has 0 aromatic rings. The molecule has 1 aliphatic heterocycles. The third kappa shape index (κ3) is 10.0. The van der Waals surface area contributed by atoms with Gasteiger partial charge in [-0.3, -0.25) is 0 Å². The molecule has 204 valence electrons. The Bertz CT molecular complexity index is 492. The number of rotatable bonds is 8. The van der Waals surface area contributed by atoms with Crippen molar-refractivity contribution in [1.82, 2.24) is 0 Å². The minimum absolute atomic E-state index is 0.889. The molecule has 34 heavy (non-hydrogen) atoms. The zero-order chi connectivity index (χ0) is 25.6. The molecule has 0 atom stereocenters. The van der Waals surface area contributed by atoms with Crippen LogP contribution in [0.25, 0.3) is 0 Å². The van der Waals surface area contributed by atoms with Crippen molar-refractivity contribution < 1.29 is 37.0 Å². The average Bonchev–Trinajstić information content (AvgIpc) is 2.88. The second kappa shape index (κ2) is 17.2. The summed E-state index contributed by atoms with van der Waals surface area (Å²) in [6, 6.07) is 7.14. The van der Waals surface area contributed by atoms with Gasteiger partial charge in [-0.05, 0) is 48.4 Å². The molecule has 1 fully saturated rings. The molecule has 1 saturated heterocycles. The smallest absolute Gasteiger partial charge is 0.320 e. The fourth-order valence-corrected chi connectivity index (χ4v) is 36.5. The Morgan fingerprint density at radius 1 is 0.353 bits per heavy atom. The summed E-state index contributed by atoms with van der Waals surface area (Å²) in [4.78, 5) is 0. The standard InChI is InChI=1S/C16H50O9Si9/c1-9-31(10-2)21-29-19-27-17-26-18-28-20-30-22-32(11-3,12-4)24-34(15-7,16-8)25-33(13-5,14-6)23-31/h9-16,26-30H2,1-8H3. The van der Waals surface area contributed by atoms with Gasteiger partial charge in [-0.2, -0.15) is 0 Å². The molecule has 18 heteroatoms. The largest absolute Gasteiger partial charge is 0.425 e. The van der Waals surface area contributed by atoms with E-state index < -0.39 is 84.3 Å². The summed E-state index contributed by atoms with van der Waals surface area (Å²) in [5.74, 6) is 0. The van der Waals surface area contributed by atoms with Crippen molar-refractivity contribution >= 4 is 84.3 Å². The van der Waals surface area contributed by atoms with E-state index in [4.69, 9.17) is 37.0 Å². The first-order chi connectivity index (χ1) is 16.3. The maximum absolute atomic E-state index is 7.25. The molecule has 1 aliphatic rings. The Kier molecular flexibility index (Phi) is 17.0. The first-order valence-corrected chi connectivity index (χ1v) is 27.7. The molecule has 0 aromatic carbocycles. The van der Waals surface area contributed by atoms with Crippen molar-refractivity contribution in [3.05, 3.63) is 0 Å². The second-order valence-corrected chi connectivity index (χ2v) is 33.9. The van der Waals surface area contributed by atoms with Crippen molar-refractivity contribution in [2.24, 2.45) is 0 Å². The third-order valence-corrected chi connectivity index (χ3v) is 34.8. The summed E-state index contributed by atoms with van der Waals surface area (Å²) < 4.78 is 57.7. The van der Waals surface area contributed by atoms with Gasteiger partial charge in [-0.25, -0.2) is 0 Å². The van der Waals surface area contributed by atoms with Crippen molar-refractivity contribution in [2.45, 2.75) is 104 Å². The summed E-state index contributed by atoms with van der Waals surface area (Å²) in [7, 11) is -15.4. The summed E-state index contributed by atoms with van der Waals surface area (Å²) >= 11 is 0. The fraction of sp³-hybridized carbons (Fsp3) is 1.00. The Balaban J connectivity index is 3.35. The van der Waals surface area contributed by atoms with Crippen LogP contribution in [0.1, 0.15) is 55.4 Å². The molecule has 0 amide bonds.